The number of piperidine rings is 1. The highest BCUT2D eigenvalue weighted by molar-refractivity contribution is 7.16. The van der Waals surface area contributed by atoms with Gasteiger partial charge in [-0.05, 0) is 43.0 Å². The summed E-state index contributed by atoms with van der Waals surface area (Å²) in [7, 11) is 0. The van der Waals surface area contributed by atoms with Crippen molar-refractivity contribution in [3.05, 3.63) is 55.5 Å². The molecule has 1 aliphatic heterocycles. The third-order valence-corrected chi connectivity index (χ3v) is 6.39. The highest BCUT2D eigenvalue weighted by atomic mass is 35.5. The fourth-order valence-electron chi connectivity index (χ4n) is 3.12. The minimum absolute atomic E-state index is 0.104. The lowest BCUT2D eigenvalue weighted by Crippen LogP contribution is -2.28. The summed E-state index contributed by atoms with van der Waals surface area (Å²) in [5.74, 6) is 0.969. The van der Waals surface area contributed by atoms with Gasteiger partial charge in [0.05, 0.1) is 22.1 Å². The third-order valence-electron chi connectivity index (χ3n) is 4.48. The van der Waals surface area contributed by atoms with Gasteiger partial charge in [-0.25, -0.2) is 0 Å². The molecule has 0 amide bonds. The van der Waals surface area contributed by atoms with Gasteiger partial charge in [-0.2, -0.15) is 21.1 Å². The molecule has 136 valence electrons. The number of carbonyl (C=O) groups is 1. The van der Waals surface area contributed by atoms with Crippen molar-refractivity contribution < 1.29 is 4.79 Å². The van der Waals surface area contributed by atoms with Gasteiger partial charge in [0.25, 0.3) is 5.91 Å². The Balaban J connectivity index is 1.60. The largest absolute Gasteiger partial charge is 0.365 e. The molecule has 5 nitrogen and oxygen atoms in total. The molecule has 2 N–H and O–H groups in total. The molecule has 4 heterocycles. The minimum Gasteiger partial charge on any atom is -0.365 e. The molecule has 1 aliphatic rings. The summed E-state index contributed by atoms with van der Waals surface area (Å²) >= 11 is 9.06. The maximum Gasteiger partial charge on any atom is 0.280 e. The molecular formula is C18H19ClN4OS2. The number of nitrogens with zero attached hydrogens (tertiary/aromatic N) is 2. The van der Waals surface area contributed by atoms with Crippen LogP contribution in [-0.4, -0.2) is 28.8 Å². The molecule has 8 heteroatoms. The number of thiophene rings is 2. The maximum atomic E-state index is 12.9. The van der Waals surface area contributed by atoms with E-state index < -0.39 is 0 Å². The van der Waals surface area contributed by atoms with Gasteiger partial charge in [0.1, 0.15) is 5.82 Å². The fourth-order valence-corrected chi connectivity index (χ4v) is 4.77. The van der Waals surface area contributed by atoms with Crippen molar-refractivity contribution in [2.24, 2.45) is 0 Å². The molecule has 0 bridgehead atoms. The van der Waals surface area contributed by atoms with Crippen molar-refractivity contribution in [1.82, 2.24) is 15.1 Å². The van der Waals surface area contributed by atoms with Crippen LogP contribution >= 0.6 is 34.3 Å². The van der Waals surface area contributed by atoms with Crippen LogP contribution in [0.2, 0.25) is 4.34 Å². The molecule has 1 unspecified atom stereocenters. The summed E-state index contributed by atoms with van der Waals surface area (Å²) in [4.78, 5) is 14.0. The van der Waals surface area contributed by atoms with Crippen molar-refractivity contribution in [3.8, 4) is 0 Å². The van der Waals surface area contributed by atoms with E-state index in [1.807, 2.05) is 35.0 Å². The van der Waals surface area contributed by atoms with E-state index in [-0.39, 0.29) is 5.91 Å². The van der Waals surface area contributed by atoms with Crippen molar-refractivity contribution in [2.45, 2.75) is 25.3 Å². The monoisotopic (exact) mass is 406 g/mol. The number of aromatic nitrogens is 2. The van der Waals surface area contributed by atoms with Crippen LogP contribution in [0.1, 0.15) is 39.7 Å². The van der Waals surface area contributed by atoms with Crippen LogP contribution < -0.4 is 10.6 Å². The average molecular weight is 407 g/mol. The molecule has 1 fully saturated rings. The molecule has 4 rings (SSSR count). The maximum absolute atomic E-state index is 12.9. The van der Waals surface area contributed by atoms with Crippen LogP contribution in [0.3, 0.4) is 0 Å². The lowest BCUT2D eigenvalue weighted by Gasteiger charge is -2.20. The Bertz CT molecular complexity index is 881. The van der Waals surface area contributed by atoms with Crippen LogP contribution in [0.5, 0.6) is 0 Å². The molecule has 3 aromatic heterocycles. The van der Waals surface area contributed by atoms with Crippen LogP contribution in [0, 0.1) is 0 Å². The number of carbonyl (C=O) groups excluding carboxylic acids is 1. The minimum atomic E-state index is -0.104. The normalized spacial score (nSPS) is 17.3. The van der Waals surface area contributed by atoms with Crippen molar-refractivity contribution in [3.63, 3.8) is 0 Å². The van der Waals surface area contributed by atoms with E-state index in [2.05, 4.69) is 15.7 Å². The van der Waals surface area contributed by atoms with E-state index in [4.69, 9.17) is 11.6 Å². The number of hydrogen-bond donors (Lipinski definition) is 2. The van der Waals surface area contributed by atoms with E-state index in [1.165, 1.54) is 27.4 Å². The fraction of sp³-hybridized carbons (Fsp3) is 0.333. The van der Waals surface area contributed by atoms with Crippen molar-refractivity contribution in [2.75, 3.05) is 18.4 Å². The first kappa shape index (κ1) is 17.7. The zero-order valence-corrected chi connectivity index (χ0v) is 16.5. The number of anilines is 1. The van der Waals surface area contributed by atoms with E-state index in [1.54, 1.807) is 0 Å². The molecule has 0 radical (unpaired) electrons. The van der Waals surface area contributed by atoms with Gasteiger partial charge in [0.2, 0.25) is 0 Å². The molecule has 0 aliphatic carbocycles. The summed E-state index contributed by atoms with van der Waals surface area (Å²) < 4.78 is 2.26. The second kappa shape index (κ2) is 7.92. The molecular weight excluding hydrogens is 388 g/mol. The number of rotatable bonds is 5. The summed E-state index contributed by atoms with van der Waals surface area (Å²) in [6.45, 7) is 2.57. The van der Waals surface area contributed by atoms with Gasteiger partial charge < -0.3 is 10.6 Å². The SMILES string of the molecule is O=C(c1ccsc1)n1nc(C2CCCNC2)cc1NCc1ccc(Cl)s1. The van der Waals surface area contributed by atoms with Gasteiger partial charge >= 0.3 is 0 Å². The molecule has 0 spiro atoms. The standard InChI is InChI=1S/C18H19ClN4OS2/c19-16-4-3-14(26-16)10-21-17-8-15(12-2-1-6-20-9-12)22-23(17)18(24)13-5-7-25-11-13/h3-5,7-8,11-12,20-21H,1-2,6,9-10H2. The van der Waals surface area contributed by atoms with Crippen molar-refractivity contribution in [1.29, 1.82) is 0 Å². The first-order valence-electron chi connectivity index (χ1n) is 8.56. The molecule has 1 atom stereocenters. The Hall–Kier alpha value is -1.67. The predicted octanol–water partition coefficient (Wildman–Crippen LogP) is 4.43. The molecule has 26 heavy (non-hydrogen) atoms. The van der Waals surface area contributed by atoms with Gasteiger partial charge in [-0.15, -0.1) is 11.3 Å². The number of hydrogen-bond acceptors (Lipinski definition) is 6. The van der Waals surface area contributed by atoms with Crippen LogP contribution in [-0.2, 0) is 6.54 Å². The van der Waals surface area contributed by atoms with Crippen LogP contribution in [0.15, 0.2) is 35.0 Å². The van der Waals surface area contributed by atoms with Gasteiger partial charge in [-0.3, -0.25) is 4.79 Å². The Morgan fingerprint density at radius 2 is 2.35 bits per heavy atom. The van der Waals surface area contributed by atoms with Crippen LogP contribution in [0.25, 0.3) is 0 Å². The van der Waals surface area contributed by atoms with Crippen molar-refractivity contribution >= 4 is 46.0 Å². The Labute approximate surface area is 165 Å². The van der Waals surface area contributed by atoms with E-state index >= 15 is 0 Å². The Morgan fingerprint density at radius 3 is 3.04 bits per heavy atom. The van der Waals surface area contributed by atoms with Gasteiger partial charge in [0.15, 0.2) is 0 Å². The second-order valence-corrected chi connectivity index (χ2v) is 8.87. The van der Waals surface area contributed by atoms with E-state index in [0.29, 0.717) is 18.0 Å². The Morgan fingerprint density at radius 1 is 1.42 bits per heavy atom. The second-order valence-electron chi connectivity index (χ2n) is 6.29. The highest BCUT2D eigenvalue weighted by Crippen LogP contribution is 2.27. The topological polar surface area (TPSA) is 59.0 Å². The van der Waals surface area contributed by atoms with Gasteiger partial charge in [0, 0.05) is 28.8 Å². The lowest BCUT2D eigenvalue weighted by atomic mass is 9.96. The first-order valence-corrected chi connectivity index (χ1v) is 10.7. The molecule has 0 saturated carbocycles. The third kappa shape index (κ3) is 3.86. The average Bonchev–Trinajstić information content (AvgIpc) is 3.41. The van der Waals surface area contributed by atoms with Crippen LogP contribution in [0.4, 0.5) is 5.82 Å². The number of nitrogens with one attached hydrogen (secondary N) is 2. The van der Waals surface area contributed by atoms with E-state index in [0.717, 1.165) is 46.7 Å². The summed E-state index contributed by atoms with van der Waals surface area (Å²) in [5.41, 5.74) is 1.63. The summed E-state index contributed by atoms with van der Waals surface area (Å²) in [5, 5.41) is 15.2. The van der Waals surface area contributed by atoms with Gasteiger partial charge in [-0.1, -0.05) is 11.6 Å². The zero-order chi connectivity index (χ0) is 17.9. The molecule has 3 aromatic rings. The summed E-state index contributed by atoms with van der Waals surface area (Å²) in [6.07, 6.45) is 2.23. The number of halogens is 1. The zero-order valence-electron chi connectivity index (χ0n) is 14.1. The highest BCUT2D eigenvalue weighted by Gasteiger charge is 2.23. The first-order chi connectivity index (χ1) is 12.7. The quantitative estimate of drug-likeness (QED) is 0.658. The summed E-state index contributed by atoms with van der Waals surface area (Å²) in [6, 6.07) is 7.72. The lowest BCUT2D eigenvalue weighted by molar-refractivity contribution is 0.0947. The molecule has 0 aromatic carbocycles. The molecule has 1 saturated heterocycles. The van der Waals surface area contributed by atoms with E-state index in [9.17, 15) is 4.79 Å². The Kier molecular flexibility index (Phi) is 5.40. The predicted molar refractivity (Wildman–Crippen MR) is 108 cm³/mol. The smallest absolute Gasteiger partial charge is 0.280 e.